The van der Waals surface area contributed by atoms with Gasteiger partial charge in [0.05, 0.1) is 17.3 Å². The lowest BCUT2D eigenvalue weighted by Crippen LogP contribution is -2.34. The first-order valence-corrected chi connectivity index (χ1v) is 9.40. The van der Waals surface area contributed by atoms with E-state index in [0.717, 1.165) is 56.5 Å². The molecule has 1 aromatic carbocycles. The molecule has 25 heavy (non-hydrogen) atoms. The third-order valence-electron chi connectivity index (χ3n) is 5.63. The standard InChI is InChI=1S/C20H27N3O2/c1-15(2)21-11-9-17(13-21)25-23-18-7-4-3-6-16(18)12-20(23)19-8-5-10-22(19)14-24/h3-4,6-7,12,14-15,17,19H,5,8-11,13H2,1-2H3/t17-,19?/m0/s1. The van der Waals surface area contributed by atoms with Gasteiger partial charge in [-0.1, -0.05) is 18.2 Å². The largest absolute Gasteiger partial charge is 0.409 e. The Kier molecular flexibility index (Phi) is 4.42. The highest BCUT2D eigenvalue weighted by atomic mass is 16.7. The molecule has 1 amide bonds. The second kappa shape index (κ2) is 6.71. The molecule has 5 nitrogen and oxygen atoms in total. The minimum atomic E-state index is 0.118. The number of aromatic nitrogens is 1. The van der Waals surface area contributed by atoms with Crippen molar-refractivity contribution in [3.8, 4) is 0 Å². The Morgan fingerprint density at radius 3 is 2.80 bits per heavy atom. The van der Waals surface area contributed by atoms with Crippen molar-refractivity contribution in [2.75, 3.05) is 19.6 Å². The Bertz CT molecular complexity index is 754. The molecule has 2 aliphatic heterocycles. The molecule has 4 rings (SSSR count). The molecule has 2 aromatic rings. The Labute approximate surface area is 149 Å². The van der Waals surface area contributed by atoms with Crippen LogP contribution in [-0.2, 0) is 4.79 Å². The van der Waals surface area contributed by atoms with Gasteiger partial charge in [0.15, 0.2) is 0 Å². The Morgan fingerprint density at radius 2 is 2.04 bits per heavy atom. The van der Waals surface area contributed by atoms with E-state index in [-0.39, 0.29) is 12.1 Å². The summed E-state index contributed by atoms with van der Waals surface area (Å²) < 4.78 is 2.01. The van der Waals surface area contributed by atoms with Gasteiger partial charge in [-0.15, -0.1) is 0 Å². The van der Waals surface area contributed by atoms with Gasteiger partial charge in [0.25, 0.3) is 0 Å². The van der Waals surface area contributed by atoms with Crippen LogP contribution >= 0.6 is 0 Å². The third-order valence-corrected chi connectivity index (χ3v) is 5.63. The number of carbonyl (C=O) groups is 1. The van der Waals surface area contributed by atoms with E-state index in [0.29, 0.717) is 6.04 Å². The molecule has 0 N–H and O–H groups in total. The molecule has 134 valence electrons. The Morgan fingerprint density at radius 1 is 1.20 bits per heavy atom. The predicted octanol–water partition coefficient (Wildman–Crippen LogP) is 2.85. The average Bonchev–Trinajstić information content (AvgIpc) is 3.33. The number of hydrogen-bond acceptors (Lipinski definition) is 3. The summed E-state index contributed by atoms with van der Waals surface area (Å²) in [5.41, 5.74) is 2.20. The van der Waals surface area contributed by atoms with Crippen molar-refractivity contribution in [2.24, 2.45) is 0 Å². The number of rotatable bonds is 5. The van der Waals surface area contributed by atoms with Crippen LogP contribution in [0.1, 0.15) is 44.8 Å². The Balaban J connectivity index is 1.67. The summed E-state index contributed by atoms with van der Waals surface area (Å²) in [6, 6.07) is 11.2. The maximum atomic E-state index is 11.4. The van der Waals surface area contributed by atoms with Crippen LogP contribution in [0.4, 0.5) is 0 Å². The zero-order valence-electron chi connectivity index (χ0n) is 15.1. The van der Waals surface area contributed by atoms with Crippen molar-refractivity contribution in [3.05, 3.63) is 36.0 Å². The van der Waals surface area contributed by atoms with E-state index in [1.54, 1.807) is 0 Å². The highest BCUT2D eigenvalue weighted by Gasteiger charge is 2.31. The number of hydrogen-bond donors (Lipinski definition) is 0. The van der Waals surface area contributed by atoms with Gasteiger partial charge in [-0.3, -0.25) is 9.69 Å². The number of para-hydroxylation sites is 1. The van der Waals surface area contributed by atoms with Crippen LogP contribution in [0.25, 0.3) is 10.9 Å². The topological polar surface area (TPSA) is 37.7 Å². The smallest absolute Gasteiger partial charge is 0.210 e. The summed E-state index contributed by atoms with van der Waals surface area (Å²) in [5, 5.41) is 1.17. The van der Waals surface area contributed by atoms with E-state index in [4.69, 9.17) is 4.84 Å². The van der Waals surface area contributed by atoms with Gasteiger partial charge in [0.1, 0.15) is 6.10 Å². The van der Waals surface area contributed by atoms with Crippen LogP contribution in [-0.4, -0.2) is 52.7 Å². The number of nitrogens with zero attached hydrogens (tertiary/aromatic N) is 3. The van der Waals surface area contributed by atoms with Gasteiger partial charge >= 0.3 is 0 Å². The Hall–Kier alpha value is -2.01. The van der Waals surface area contributed by atoms with Gasteiger partial charge in [0.2, 0.25) is 6.41 Å². The van der Waals surface area contributed by atoms with Gasteiger partial charge in [-0.05, 0) is 38.8 Å². The predicted molar refractivity (Wildman–Crippen MR) is 98.4 cm³/mol. The maximum Gasteiger partial charge on any atom is 0.210 e. The van der Waals surface area contributed by atoms with E-state index in [1.165, 1.54) is 5.39 Å². The first kappa shape index (κ1) is 16.5. The number of likely N-dealkylation sites (tertiary alicyclic amines) is 2. The zero-order chi connectivity index (χ0) is 17.4. The monoisotopic (exact) mass is 341 g/mol. The van der Waals surface area contributed by atoms with Crippen molar-refractivity contribution in [1.82, 2.24) is 14.5 Å². The van der Waals surface area contributed by atoms with E-state index >= 15 is 0 Å². The fourth-order valence-electron chi connectivity index (χ4n) is 4.19. The van der Waals surface area contributed by atoms with Crippen LogP contribution in [0.2, 0.25) is 0 Å². The second-order valence-electron chi connectivity index (χ2n) is 7.53. The molecule has 2 atom stereocenters. The van der Waals surface area contributed by atoms with Gasteiger partial charge in [-0.25, -0.2) is 0 Å². The fraction of sp³-hybridized carbons (Fsp3) is 0.550. The van der Waals surface area contributed by atoms with E-state index in [2.05, 4.69) is 43.0 Å². The minimum absolute atomic E-state index is 0.118. The van der Waals surface area contributed by atoms with Crippen molar-refractivity contribution < 1.29 is 9.63 Å². The summed E-state index contributed by atoms with van der Waals surface area (Å²) >= 11 is 0. The number of benzene rings is 1. The summed E-state index contributed by atoms with van der Waals surface area (Å²) in [4.78, 5) is 22.3. The molecule has 1 unspecified atom stereocenters. The van der Waals surface area contributed by atoms with Gasteiger partial charge < -0.3 is 9.74 Å². The van der Waals surface area contributed by atoms with Crippen LogP contribution in [0.15, 0.2) is 30.3 Å². The highest BCUT2D eigenvalue weighted by Crippen LogP contribution is 2.34. The number of carbonyl (C=O) groups excluding carboxylic acids is 1. The molecule has 3 heterocycles. The van der Waals surface area contributed by atoms with Crippen molar-refractivity contribution in [2.45, 2.75) is 51.3 Å². The molecular formula is C20H27N3O2. The molecule has 2 fully saturated rings. The molecule has 0 radical (unpaired) electrons. The van der Waals surface area contributed by atoms with Gasteiger partial charge in [-0.2, -0.15) is 4.73 Å². The lowest BCUT2D eigenvalue weighted by molar-refractivity contribution is -0.119. The first-order chi connectivity index (χ1) is 12.2. The van der Waals surface area contributed by atoms with Crippen LogP contribution < -0.4 is 4.84 Å². The molecule has 1 aromatic heterocycles. The number of amides is 1. The van der Waals surface area contributed by atoms with E-state index in [9.17, 15) is 4.79 Å². The summed E-state index contributed by atoms with van der Waals surface area (Å²) in [6.45, 7) is 7.35. The maximum absolute atomic E-state index is 11.4. The summed E-state index contributed by atoms with van der Waals surface area (Å²) in [6.07, 6.45) is 4.28. The fourth-order valence-corrected chi connectivity index (χ4v) is 4.19. The zero-order valence-corrected chi connectivity index (χ0v) is 15.1. The SMILES string of the molecule is CC(C)N1CC[C@H](On2c(C3CCCN3C=O)cc3ccccc32)C1. The van der Waals surface area contributed by atoms with Crippen LogP contribution in [0, 0.1) is 0 Å². The molecule has 0 spiro atoms. The molecule has 2 aliphatic rings. The normalized spacial score (nSPS) is 24.5. The lowest BCUT2D eigenvalue weighted by Gasteiger charge is -2.25. The van der Waals surface area contributed by atoms with Crippen LogP contribution in [0.5, 0.6) is 0 Å². The van der Waals surface area contributed by atoms with E-state index < -0.39 is 0 Å². The third kappa shape index (κ3) is 3.01. The minimum Gasteiger partial charge on any atom is -0.409 e. The molecule has 5 heteroatoms. The molecule has 0 aliphatic carbocycles. The van der Waals surface area contributed by atoms with Crippen LogP contribution in [0.3, 0.4) is 0 Å². The summed E-state index contributed by atoms with van der Waals surface area (Å²) in [7, 11) is 0. The second-order valence-corrected chi connectivity index (χ2v) is 7.53. The average molecular weight is 341 g/mol. The molecule has 0 bridgehead atoms. The quantitative estimate of drug-likeness (QED) is 0.785. The van der Waals surface area contributed by atoms with Gasteiger partial charge in [0, 0.05) is 37.5 Å². The summed E-state index contributed by atoms with van der Waals surface area (Å²) in [5.74, 6) is 0. The molecule has 0 saturated carbocycles. The van der Waals surface area contributed by atoms with E-state index in [1.807, 2.05) is 15.7 Å². The molecule has 2 saturated heterocycles. The first-order valence-electron chi connectivity index (χ1n) is 9.40. The highest BCUT2D eigenvalue weighted by molar-refractivity contribution is 5.81. The lowest BCUT2D eigenvalue weighted by atomic mass is 10.1. The van der Waals surface area contributed by atoms with Crippen molar-refractivity contribution >= 4 is 17.3 Å². The van der Waals surface area contributed by atoms with Crippen molar-refractivity contribution in [3.63, 3.8) is 0 Å². The van der Waals surface area contributed by atoms with Crippen molar-refractivity contribution in [1.29, 1.82) is 0 Å². The molecular weight excluding hydrogens is 314 g/mol. The number of fused-ring (bicyclic) bond motifs is 1.